The Bertz CT molecular complexity index is 365. The van der Waals surface area contributed by atoms with Crippen LogP contribution in [0, 0.1) is 5.92 Å². The third-order valence-electron chi connectivity index (χ3n) is 2.11. The van der Waals surface area contributed by atoms with Crippen LogP contribution in [0.4, 0.5) is 0 Å². The molecule has 0 heterocycles. The quantitative estimate of drug-likeness (QED) is 0.299. The second-order valence-corrected chi connectivity index (χ2v) is 4.77. The molecule has 5 N–H and O–H groups in total. The Balaban J connectivity index is 6.06. The number of carbonyl (C=O) groups is 3. The van der Waals surface area contributed by atoms with Gasteiger partial charge in [0.2, 0.25) is 0 Å². The van der Waals surface area contributed by atoms with E-state index in [2.05, 4.69) is 0 Å². The zero-order valence-electron chi connectivity index (χ0n) is 7.89. The standard InChI is InChI=1S/C6H9O9P/c1-2(3(7)8)6(4(9)10,5(11)12)16(13,14)15/h2H,1H3,(H,7,8)(H,9,10)(H,11,12)(H2,13,14,15). The number of rotatable bonds is 5. The third kappa shape index (κ3) is 1.92. The maximum absolute atomic E-state index is 11.0. The number of carboxylic acids is 3. The minimum absolute atomic E-state index is 0.601. The Morgan fingerprint density at radius 3 is 1.44 bits per heavy atom. The Kier molecular flexibility index (Phi) is 3.82. The molecule has 0 rings (SSSR count). The monoisotopic (exact) mass is 256 g/mol. The maximum Gasteiger partial charge on any atom is 0.355 e. The van der Waals surface area contributed by atoms with Crippen molar-refractivity contribution in [3.63, 3.8) is 0 Å². The zero-order valence-corrected chi connectivity index (χ0v) is 8.79. The normalized spacial score (nSPS) is 14.2. The summed E-state index contributed by atoms with van der Waals surface area (Å²) in [5.74, 6) is -9.03. The van der Waals surface area contributed by atoms with Crippen molar-refractivity contribution in [1.29, 1.82) is 0 Å². The fraction of sp³-hybridized carbons (Fsp3) is 0.500. The minimum atomic E-state index is -5.71. The molecule has 0 fully saturated rings. The van der Waals surface area contributed by atoms with Crippen molar-refractivity contribution in [2.45, 2.75) is 12.1 Å². The largest absolute Gasteiger partial charge is 0.481 e. The van der Waals surface area contributed by atoms with Crippen LogP contribution in [0.25, 0.3) is 0 Å². The van der Waals surface area contributed by atoms with Gasteiger partial charge in [-0.1, -0.05) is 0 Å². The zero-order chi connectivity index (χ0) is 13.3. The van der Waals surface area contributed by atoms with Gasteiger partial charge in [-0.05, 0) is 6.92 Å². The molecule has 10 heteroatoms. The van der Waals surface area contributed by atoms with E-state index in [0.29, 0.717) is 6.92 Å². The number of hydrogen-bond donors (Lipinski definition) is 5. The molecule has 0 aromatic carbocycles. The van der Waals surface area contributed by atoms with Crippen molar-refractivity contribution in [3.05, 3.63) is 0 Å². The van der Waals surface area contributed by atoms with Gasteiger partial charge in [-0.3, -0.25) is 18.9 Å². The predicted octanol–water partition coefficient (Wildman–Crippen LogP) is -1.21. The first-order chi connectivity index (χ1) is 6.99. The highest BCUT2D eigenvalue weighted by molar-refractivity contribution is 7.56. The molecule has 1 unspecified atom stereocenters. The Labute approximate surface area is 88.5 Å². The van der Waals surface area contributed by atoms with Crippen molar-refractivity contribution in [3.8, 4) is 0 Å². The van der Waals surface area contributed by atoms with Crippen molar-refractivity contribution >= 4 is 25.5 Å². The molecule has 1 atom stereocenters. The number of hydrogen-bond acceptors (Lipinski definition) is 4. The van der Waals surface area contributed by atoms with Gasteiger partial charge >= 0.3 is 25.5 Å². The Morgan fingerprint density at radius 2 is 1.38 bits per heavy atom. The average molecular weight is 256 g/mol. The molecule has 92 valence electrons. The van der Waals surface area contributed by atoms with Crippen LogP contribution in [0.5, 0.6) is 0 Å². The molecule has 0 aliphatic heterocycles. The molecule has 0 radical (unpaired) electrons. The molecule has 16 heavy (non-hydrogen) atoms. The number of aliphatic carboxylic acids is 3. The van der Waals surface area contributed by atoms with Gasteiger partial charge in [-0.25, -0.2) is 0 Å². The molecule has 0 aliphatic carbocycles. The lowest BCUT2D eigenvalue weighted by atomic mass is 9.93. The lowest BCUT2D eigenvalue weighted by Crippen LogP contribution is -2.53. The van der Waals surface area contributed by atoms with E-state index >= 15 is 0 Å². The fourth-order valence-electron chi connectivity index (χ4n) is 1.14. The molecule has 0 amide bonds. The van der Waals surface area contributed by atoms with Crippen molar-refractivity contribution in [1.82, 2.24) is 0 Å². The van der Waals surface area contributed by atoms with E-state index in [4.69, 9.17) is 25.1 Å². The van der Waals surface area contributed by atoms with Crippen LogP contribution in [0.15, 0.2) is 0 Å². The molecule has 0 aromatic heterocycles. The summed E-state index contributed by atoms with van der Waals surface area (Å²) in [4.78, 5) is 49.5. The van der Waals surface area contributed by atoms with E-state index in [1.807, 2.05) is 0 Å². The topological polar surface area (TPSA) is 169 Å². The van der Waals surface area contributed by atoms with Crippen LogP contribution in [-0.2, 0) is 18.9 Å². The molecule has 0 saturated carbocycles. The molecule has 0 spiro atoms. The Morgan fingerprint density at radius 1 is 1.06 bits per heavy atom. The van der Waals surface area contributed by atoms with E-state index in [0.717, 1.165) is 0 Å². The first-order valence-corrected chi connectivity index (χ1v) is 5.36. The Hall–Kier alpha value is -1.44. The summed E-state index contributed by atoms with van der Waals surface area (Å²) >= 11 is 0. The van der Waals surface area contributed by atoms with Gasteiger partial charge in [0.15, 0.2) is 0 Å². The first kappa shape index (κ1) is 14.6. The molecule has 0 aromatic rings. The molecular weight excluding hydrogens is 247 g/mol. The summed E-state index contributed by atoms with van der Waals surface area (Å²) in [6, 6.07) is 0. The van der Waals surface area contributed by atoms with Gasteiger partial charge < -0.3 is 25.1 Å². The third-order valence-corrected chi connectivity index (χ3v) is 3.80. The minimum Gasteiger partial charge on any atom is -0.481 e. The summed E-state index contributed by atoms with van der Waals surface area (Å²) in [6.45, 7) is 0.601. The van der Waals surface area contributed by atoms with Crippen molar-refractivity contribution < 1.29 is 44.1 Å². The highest BCUT2D eigenvalue weighted by Gasteiger charge is 2.66. The molecular formula is C6H9O9P. The van der Waals surface area contributed by atoms with Gasteiger partial charge in [0, 0.05) is 0 Å². The molecule has 0 saturated heterocycles. The van der Waals surface area contributed by atoms with E-state index in [1.54, 1.807) is 0 Å². The van der Waals surface area contributed by atoms with Gasteiger partial charge in [-0.15, -0.1) is 0 Å². The first-order valence-electron chi connectivity index (χ1n) is 3.74. The summed E-state index contributed by atoms with van der Waals surface area (Å²) in [5.41, 5.74) is 0. The SMILES string of the molecule is CC(C(=O)O)C(C(=O)O)(C(=O)O)P(=O)(O)O. The average Bonchev–Trinajstić information content (AvgIpc) is 1.99. The van der Waals surface area contributed by atoms with Crippen LogP contribution in [0.1, 0.15) is 6.92 Å². The second-order valence-electron chi connectivity index (χ2n) is 2.98. The second kappa shape index (κ2) is 4.20. The van der Waals surface area contributed by atoms with Crippen LogP contribution in [0.3, 0.4) is 0 Å². The maximum atomic E-state index is 11.0. The van der Waals surface area contributed by atoms with Gasteiger partial charge in [0.1, 0.15) is 0 Å². The summed E-state index contributed by atoms with van der Waals surface area (Å²) in [5, 5.41) is 22.1. The predicted molar refractivity (Wildman–Crippen MR) is 46.8 cm³/mol. The van der Waals surface area contributed by atoms with Gasteiger partial charge in [0.05, 0.1) is 5.92 Å². The molecule has 9 nitrogen and oxygen atoms in total. The highest BCUT2D eigenvalue weighted by atomic mass is 31.2. The van der Waals surface area contributed by atoms with Crippen LogP contribution >= 0.6 is 7.60 Å². The number of carboxylic acid groups (broad SMARTS) is 3. The van der Waals surface area contributed by atoms with E-state index in [1.165, 1.54) is 0 Å². The lowest BCUT2D eigenvalue weighted by Gasteiger charge is -2.28. The smallest absolute Gasteiger partial charge is 0.355 e. The van der Waals surface area contributed by atoms with Crippen LogP contribution in [0.2, 0.25) is 0 Å². The van der Waals surface area contributed by atoms with Crippen molar-refractivity contribution in [2.75, 3.05) is 0 Å². The van der Waals surface area contributed by atoms with Gasteiger partial charge in [0.25, 0.3) is 5.16 Å². The lowest BCUT2D eigenvalue weighted by molar-refractivity contribution is -0.161. The van der Waals surface area contributed by atoms with Gasteiger partial charge in [-0.2, -0.15) is 0 Å². The highest BCUT2D eigenvalue weighted by Crippen LogP contribution is 2.55. The molecule has 0 aliphatic rings. The fourth-order valence-corrected chi connectivity index (χ4v) is 2.26. The summed E-state index contributed by atoms with van der Waals surface area (Å²) in [6.07, 6.45) is 0. The summed E-state index contributed by atoms with van der Waals surface area (Å²) in [7, 11) is -5.71. The molecule has 0 bridgehead atoms. The van der Waals surface area contributed by atoms with E-state index < -0.39 is 36.6 Å². The van der Waals surface area contributed by atoms with E-state index in [9.17, 15) is 18.9 Å². The van der Waals surface area contributed by atoms with Crippen LogP contribution < -0.4 is 0 Å². The van der Waals surface area contributed by atoms with Crippen molar-refractivity contribution in [2.24, 2.45) is 5.92 Å². The summed E-state index contributed by atoms with van der Waals surface area (Å²) < 4.78 is 11.0. The van der Waals surface area contributed by atoms with Crippen LogP contribution in [-0.4, -0.2) is 48.2 Å². The van der Waals surface area contributed by atoms with E-state index in [-0.39, 0.29) is 0 Å².